The molecule has 0 fully saturated rings. The van der Waals surface area contributed by atoms with Crippen LogP contribution in [-0.2, 0) is 10.2 Å². The quantitative estimate of drug-likeness (QED) is 0.445. The van der Waals surface area contributed by atoms with Crippen LogP contribution in [0.25, 0.3) is 27.7 Å². The monoisotopic (exact) mass is 460 g/mol. The number of fused-ring (bicyclic) bond motifs is 1. The van der Waals surface area contributed by atoms with Gasteiger partial charge in [0.15, 0.2) is 0 Å². The van der Waals surface area contributed by atoms with E-state index in [1.54, 1.807) is 18.3 Å². The predicted octanol–water partition coefficient (Wildman–Crippen LogP) is 3.42. The number of carboxylic acid groups (broad SMARTS) is 1. The van der Waals surface area contributed by atoms with Crippen molar-refractivity contribution >= 4 is 32.9 Å². The molecule has 9 nitrogen and oxygen atoms in total. The van der Waals surface area contributed by atoms with Crippen molar-refractivity contribution in [3.05, 3.63) is 54.1 Å². The highest BCUT2D eigenvalue weighted by molar-refractivity contribution is 7.88. The summed E-state index contributed by atoms with van der Waals surface area (Å²) >= 11 is 0. The smallest absolute Gasteiger partial charge is 0.419 e. The molecule has 1 aliphatic carbocycles. The lowest BCUT2D eigenvalue weighted by Crippen LogP contribution is -2.45. The van der Waals surface area contributed by atoms with Crippen molar-refractivity contribution in [2.45, 2.75) is 25.3 Å². The second-order valence-electron chi connectivity index (χ2n) is 7.38. The van der Waals surface area contributed by atoms with Crippen molar-refractivity contribution in [3.63, 3.8) is 0 Å². The number of hydrogen-bond donors (Lipinski definition) is 4. The lowest BCUT2D eigenvalue weighted by molar-refractivity contribution is 0.201. The van der Waals surface area contributed by atoms with Crippen LogP contribution in [0.4, 0.5) is 9.18 Å². The molecule has 3 aromatic rings. The number of benzene rings is 1. The van der Waals surface area contributed by atoms with E-state index in [4.69, 9.17) is 9.84 Å². The van der Waals surface area contributed by atoms with Gasteiger partial charge >= 0.3 is 16.3 Å². The molecule has 11 heteroatoms. The maximum absolute atomic E-state index is 13.9. The van der Waals surface area contributed by atoms with Gasteiger partial charge in [0.25, 0.3) is 0 Å². The molecule has 2 aromatic heterocycles. The minimum Gasteiger partial charge on any atom is -0.496 e. The standard InChI is InChI=1S/C21H21FN4O5S/c1-31-19-7-4-13(22)10-16(19)15-8-9-23-20-17(15)11-18(24-20)12-2-5-14(6-3-12)25-32(29,30)26-21(27)28/h2,4,7-11,14,25-26H,3,5-6H2,1H3,(H,23,24)(H,27,28). The summed E-state index contributed by atoms with van der Waals surface area (Å²) in [5.41, 5.74) is 3.85. The van der Waals surface area contributed by atoms with Crippen LogP contribution in [0.3, 0.4) is 0 Å². The molecule has 0 spiro atoms. The number of amides is 1. The van der Waals surface area contributed by atoms with E-state index < -0.39 is 22.3 Å². The maximum Gasteiger partial charge on any atom is 0.419 e. The van der Waals surface area contributed by atoms with E-state index in [0.29, 0.717) is 36.2 Å². The Morgan fingerprint density at radius 3 is 2.78 bits per heavy atom. The van der Waals surface area contributed by atoms with Crippen LogP contribution in [0.2, 0.25) is 0 Å². The molecule has 1 aliphatic rings. The fourth-order valence-corrected chi connectivity index (χ4v) is 4.82. The fraction of sp³-hybridized carbons (Fsp3) is 0.238. The number of H-pyrrole nitrogens is 1. The van der Waals surface area contributed by atoms with E-state index >= 15 is 0 Å². The summed E-state index contributed by atoms with van der Waals surface area (Å²) in [4.78, 5) is 18.2. The van der Waals surface area contributed by atoms with E-state index in [9.17, 15) is 17.6 Å². The van der Waals surface area contributed by atoms with Crippen molar-refractivity contribution in [3.8, 4) is 16.9 Å². The second-order valence-corrected chi connectivity index (χ2v) is 8.82. The first-order chi connectivity index (χ1) is 15.3. The van der Waals surface area contributed by atoms with Crippen molar-refractivity contribution in [2.24, 2.45) is 0 Å². The SMILES string of the molecule is COc1ccc(F)cc1-c1ccnc2[nH]c(C3=CCC(NS(=O)(=O)NC(=O)O)CC3)cc12. The number of aromatic nitrogens is 2. The molecule has 1 unspecified atom stereocenters. The zero-order chi connectivity index (χ0) is 22.9. The molecule has 4 N–H and O–H groups in total. The molecule has 0 radical (unpaired) electrons. The van der Waals surface area contributed by atoms with E-state index in [0.717, 1.165) is 22.2 Å². The van der Waals surface area contributed by atoms with Crippen molar-refractivity contribution < 1.29 is 27.4 Å². The average molecular weight is 460 g/mol. The van der Waals surface area contributed by atoms with Crippen LogP contribution in [0.5, 0.6) is 5.75 Å². The number of allylic oxidation sites excluding steroid dienone is 1. The van der Waals surface area contributed by atoms with Gasteiger partial charge in [0.1, 0.15) is 17.2 Å². The number of pyridine rings is 1. The van der Waals surface area contributed by atoms with Crippen molar-refractivity contribution in [1.29, 1.82) is 0 Å². The number of carbonyl (C=O) groups is 1. The Morgan fingerprint density at radius 1 is 1.28 bits per heavy atom. The lowest BCUT2D eigenvalue weighted by atomic mass is 9.93. The van der Waals surface area contributed by atoms with Gasteiger partial charge in [0, 0.05) is 28.9 Å². The number of halogens is 1. The fourth-order valence-electron chi connectivity index (χ4n) is 3.88. The summed E-state index contributed by atoms with van der Waals surface area (Å²) in [6.07, 6.45) is 3.39. The van der Waals surface area contributed by atoms with Crippen LogP contribution in [-0.4, -0.2) is 42.7 Å². The summed E-state index contributed by atoms with van der Waals surface area (Å²) in [5, 5.41) is 9.42. The molecule has 32 heavy (non-hydrogen) atoms. The first-order valence-corrected chi connectivity index (χ1v) is 11.3. The zero-order valence-corrected chi connectivity index (χ0v) is 17.9. The first-order valence-electron chi connectivity index (χ1n) is 9.80. The van der Waals surface area contributed by atoms with E-state index in [1.807, 2.05) is 12.1 Å². The molecule has 168 valence electrons. The molecule has 1 atom stereocenters. The maximum atomic E-state index is 13.9. The predicted molar refractivity (Wildman–Crippen MR) is 117 cm³/mol. The van der Waals surface area contributed by atoms with E-state index in [1.165, 1.54) is 24.0 Å². The molecule has 0 saturated heterocycles. The lowest BCUT2D eigenvalue weighted by Gasteiger charge is -2.22. The Hall–Kier alpha value is -3.44. The van der Waals surface area contributed by atoms with Gasteiger partial charge in [-0.2, -0.15) is 13.1 Å². The highest BCUT2D eigenvalue weighted by atomic mass is 32.2. The van der Waals surface area contributed by atoms with Crippen molar-refractivity contribution in [1.82, 2.24) is 19.4 Å². The Labute approximate surface area is 183 Å². The Balaban J connectivity index is 1.61. The number of rotatable bonds is 6. The van der Waals surface area contributed by atoms with Gasteiger partial charge in [0.05, 0.1) is 7.11 Å². The summed E-state index contributed by atoms with van der Waals surface area (Å²) < 4.78 is 46.6. The van der Waals surface area contributed by atoms with Gasteiger partial charge in [-0.1, -0.05) is 6.08 Å². The zero-order valence-electron chi connectivity index (χ0n) is 17.1. The Kier molecular flexibility index (Phi) is 5.85. The third kappa shape index (κ3) is 4.58. The highest BCUT2D eigenvalue weighted by Gasteiger charge is 2.23. The molecule has 1 amide bonds. The Bertz CT molecular complexity index is 1320. The van der Waals surface area contributed by atoms with Crippen LogP contribution in [0.1, 0.15) is 25.0 Å². The minimum absolute atomic E-state index is 0.373. The van der Waals surface area contributed by atoms with Crippen LogP contribution >= 0.6 is 0 Å². The minimum atomic E-state index is -4.12. The number of methoxy groups -OCH3 is 1. The van der Waals surface area contributed by atoms with Gasteiger partial charge in [0.2, 0.25) is 0 Å². The summed E-state index contributed by atoms with van der Waals surface area (Å²) in [7, 11) is -2.59. The summed E-state index contributed by atoms with van der Waals surface area (Å²) in [5.74, 6) is 0.172. The molecule has 0 saturated carbocycles. The molecular formula is C21H21FN4O5S. The number of hydrogen-bond acceptors (Lipinski definition) is 5. The van der Waals surface area contributed by atoms with E-state index in [-0.39, 0.29) is 5.82 Å². The van der Waals surface area contributed by atoms with Crippen molar-refractivity contribution in [2.75, 3.05) is 7.11 Å². The molecule has 4 rings (SSSR count). The summed E-state index contributed by atoms with van der Waals surface area (Å²) in [6, 6.07) is 7.66. The molecule has 1 aromatic carbocycles. The number of nitrogens with zero attached hydrogens (tertiary/aromatic N) is 1. The molecular weight excluding hydrogens is 439 g/mol. The third-order valence-electron chi connectivity index (χ3n) is 5.28. The van der Waals surface area contributed by atoms with Crippen LogP contribution in [0, 0.1) is 5.82 Å². The molecule has 0 bridgehead atoms. The highest BCUT2D eigenvalue weighted by Crippen LogP contribution is 2.37. The van der Waals surface area contributed by atoms with Gasteiger partial charge in [-0.25, -0.2) is 18.9 Å². The first kappa shape index (κ1) is 21.8. The number of aromatic amines is 1. The molecule has 0 aliphatic heterocycles. The van der Waals surface area contributed by atoms with E-state index in [2.05, 4.69) is 14.7 Å². The number of ether oxygens (including phenoxy) is 1. The molecule has 2 heterocycles. The topological polar surface area (TPSA) is 133 Å². The Morgan fingerprint density at radius 2 is 2.09 bits per heavy atom. The normalized spacial score (nSPS) is 16.6. The summed E-state index contributed by atoms with van der Waals surface area (Å²) in [6.45, 7) is 0. The van der Waals surface area contributed by atoms with Crippen LogP contribution < -0.4 is 14.2 Å². The number of nitrogens with one attached hydrogen (secondary N) is 3. The van der Waals surface area contributed by atoms with Gasteiger partial charge in [-0.05, 0) is 60.7 Å². The largest absolute Gasteiger partial charge is 0.496 e. The third-order valence-corrected chi connectivity index (χ3v) is 6.37. The van der Waals surface area contributed by atoms with Gasteiger partial charge in [-0.15, -0.1) is 0 Å². The second kappa shape index (κ2) is 8.60. The van der Waals surface area contributed by atoms with Gasteiger partial charge < -0.3 is 14.8 Å². The van der Waals surface area contributed by atoms with Gasteiger partial charge in [-0.3, -0.25) is 0 Å². The average Bonchev–Trinajstić information content (AvgIpc) is 3.17. The van der Waals surface area contributed by atoms with Crippen LogP contribution in [0.15, 0.2) is 42.6 Å².